The highest BCUT2D eigenvalue weighted by molar-refractivity contribution is 5.85. The topological polar surface area (TPSA) is 38.7 Å². The summed E-state index contributed by atoms with van der Waals surface area (Å²) in [7, 11) is 0. The van der Waals surface area contributed by atoms with E-state index in [2.05, 4.69) is 188 Å². The van der Waals surface area contributed by atoms with Gasteiger partial charge >= 0.3 is 0 Å². The Balaban J connectivity index is 0.955. The van der Waals surface area contributed by atoms with Crippen LogP contribution in [0, 0.1) is 0 Å². The molecule has 0 atom stereocenters. The highest BCUT2D eigenvalue weighted by Crippen LogP contribution is 2.56. The number of nitrogens with zero attached hydrogens (tertiary/aromatic N) is 3. The third kappa shape index (κ3) is 6.53. The van der Waals surface area contributed by atoms with Gasteiger partial charge in [0.2, 0.25) is 0 Å². The Morgan fingerprint density at radius 3 is 1.13 bits per heavy atom. The molecule has 1 aromatic heterocycles. The average Bonchev–Trinajstić information content (AvgIpc) is 3.60. The molecule has 0 radical (unpaired) electrons. The molecule has 0 aliphatic heterocycles. The lowest BCUT2D eigenvalue weighted by Crippen LogP contribution is -2.28. The smallest absolute Gasteiger partial charge is 0.164 e. The molecule has 3 heteroatoms. The maximum absolute atomic E-state index is 5.16. The number of aromatic nitrogens is 3. The van der Waals surface area contributed by atoms with E-state index in [1.165, 1.54) is 65.5 Å². The Labute approximate surface area is 352 Å². The van der Waals surface area contributed by atoms with Crippen molar-refractivity contribution in [1.29, 1.82) is 0 Å². The number of hydrogen-bond donors (Lipinski definition) is 0. The van der Waals surface area contributed by atoms with Crippen molar-refractivity contribution in [3.05, 3.63) is 211 Å². The van der Waals surface area contributed by atoms with Gasteiger partial charge in [0, 0.05) is 22.1 Å². The van der Waals surface area contributed by atoms with Crippen LogP contribution in [0.5, 0.6) is 0 Å². The normalized spacial score (nSPS) is 13.8. The van der Waals surface area contributed by atoms with Crippen molar-refractivity contribution < 1.29 is 0 Å². The minimum atomic E-state index is 0.144. The van der Waals surface area contributed by atoms with Crippen LogP contribution < -0.4 is 0 Å². The van der Waals surface area contributed by atoms with E-state index < -0.39 is 0 Å². The predicted octanol–water partition coefficient (Wildman–Crippen LogP) is 14.8. The molecule has 8 aromatic carbocycles. The summed E-state index contributed by atoms with van der Waals surface area (Å²) in [5.41, 5.74) is 18.2. The predicted molar refractivity (Wildman–Crippen MR) is 247 cm³/mol. The van der Waals surface area contributed by atoms with Crippen molar-refractivity contribution in [3.8, 4) is 89.8 Å². The first-order valence-corrected chi connectivity index (χ1v) is 21.2. The summed E-state index contributed by atoms with van der Waals surface area (Å²) < 4.78 is 0. The van der Waals surface area contributed by atoms with E-state index in [9.17, 15) is 0 Å². The molecule has 1 heterocycles. The van der Waals surface area contributed by atoms with Crippen molar-refractivity contribution in [3.63, 3.8) is 0 Å². The molecule has 1 spiro atoms. The standard InChI is InChI=1S/C57H43N3/c1-4-15-39(16-5-1)43-19-12-22-47(35-43)54-58-55(48-23-13-20-44(36-48)40-17-6-2-7-18-40)60-56(59-54)49-24-14-21-45(37-49)41-27-29-42(30-28-41)46-31-32-51-50-25-8-9-26-52(50)57(53(51)38-46)33-10-3-11-34-57/h1-2,4-9,12-32,35-38H,3,10-11,33-34H2. The lowest BCUT2D eigenvalue weighted by atomic mass is 9.67. The van der Waals surface area contributed by atoms with Crippen molar-refractivity contribution in [2.24, 2.45) is 0 Å². The van der Waals surface area contributed by atoms with Gasteiger partial charge in [0.15, 0.2) is 17.5 Å². The van der Waals surface area contributed by atoms with Gasteiger partial charge in [-0.05, 0) is 104 Å². The molecule has 286 valence electrons. The fraction of sp³-hybridized carbons (Fsp3) is 0.105. The first-order valence-electron chi connectivity index (χ1n) is 21.2. The molecular formula is C57H43N3. The van der Waals surface area contributed by atoms with Crippen molar-refractivity contribution in [1.82, 2.24) is 15.0 Å². The largest absolute Gasteiger partial charge is 0.208 e. The molecule has 60 heavy (non-hydrogen) atoms. The lowest BCUT2D eigenvalue weighted by molar-refractivity contribution is 0.353. The summed E-state index contributed by atoms with van der Waals surface area (Å²) in [6.45, 7) is 0. The molecule has 3 nitrogen and oxygen atoms in total. The summed E-state index contributed by atoms with van der Waals surface area (Å²) >= 11 is 0. The maximum atomic E-state index is 5.16. The Kier molecular flexibility index (Phi) is 9.08. The molecule has 0 amide bonds. The average molecular weight is 770 g/mol. The Morgan fingerprint density at radius 1 is 0.267 bits per heavy atom. The van der Waals surface area contributed by atoms with E-state index in [0.29, 0.717) is 17.5 Å². The minimum absolute atomic E-state index is 0.144. The van der Waals surface area contributed by atoms with Crippen molar-refractivity contribution in [2.45, 2.75) is 37.5 Å². The van der Waals surface area contributed by atoms with E-state index in [1.807, 2.05) is 12.1 Å². The summed E-state index contributed by atoms with van der Waals surface area (Å²) in [5, 5.41) is 0. The first-order chi connectivity index (χ1) is 29.7. The fourth-order valence-corrected chi connectivity index (χ4v) is 9.72. The number of benzene rings is 8. The van der Waals surface area contributed by atoms with Crippen LogP contribution in [0.2, 0.25) is 0 Å². The molecule has 11 rings (SSSR count). The van der Waals surface area contributed by atoms with Crippen LogP contribution in [0.1, 0.15) is 43.2 Å². The van der Waals surface area contributed by atoms with Crippen LogP contribution in [-0.2, 0) is 5.41 Å². The van der Waals surface area contributed by atoms with Gasteiger partial charge in [-0.3, -0.25) is 0 Å². The number of hydrogen-bond acceptors (Lipinski definition) is 3. The van der Waals surface area contributed by atoms with Gasteiger partial charge in [-0.2, -0.15) is 0 Å². The fourth-order valence-electron chi connectivity index (χ4n) is 9.72. The third-order valence-electron chi connectivity index (χ3n) is 12.7. The zero-order valence-electron chi connectivity index (χ0n) is 33.4. The second-order valence-corrected chi connectivity index (χ2v) is 16.3. The van der Waals surface area contributed by atoms with Crippen LogP contribution in [0.3, 0.4) is 0 Å². The number of fused-ring (bicyclic) bond motifs is 5. The van der Waals surface area contributed by atoms with Crippen LogP contribution in [-0.4, -0.2) is 15.0 Å². The van der Waals surface area contributed by atoms with Gasteiger partial charge in [-0.25, -0.2) is 15.0 Å². The maximum Gasteiger partial charge on any atom is 0.164 e. The highest BCUT2D eigenvalue weighted by Gasteiger charge is 2.43. The molecular weight excluding hydrogens is 727 g/mol. The molecule has 2 aliphatic rings. The van der Waals surface area contributed by atoms with Crippen molar-refractivity contribution >= 4 is 0 Å². The molecule has 0 saturated heterocycles. The Hall–Kier alpha value is -7.23. The second-order valence-electron chi connectivity index (χ2n) is 16.3. The monoisotopic (exact) mass is 769 g/mol. The highest BCUT2D eigenvalue weighted by atomic mass is 15.0. The van der Waals surface area contributed by atoms with E-state index in [4.69, 9.17) is 15.0 Å². The summed E-state index contributed by atoms with van der Waals surface area (Å²) in [5.74, 6) is 1.92. The summed E-state index contributed by atoms with van der Waals surface area (Å²) in [6.07, 6.45) is 6.40. The molecule has 1 saturated carbocycles. The first kappa shape index (κ1) is 35.9. The third-order valence-corrected chi connectivity index (χ3v) is 12.7. The van der Waals surface area contributed by atoms with Gasteiger partial charge in [-0.15, -0.1) is 0 Å². The molecule has 0 N–H and O–H groups in total. The Bertz CT molecular complexity index is 2900. The zero-order chi connectivity index (χ0) is 39.9. The van der Waals surface area contributed by atoms with Crippen LogP contribution in [0.25, 0.3) is 89.8 Å². The Morgan fingerprint density at radius 2 is 0.633 bits per heavy atom. The summed E-state index contributed by atoms with van der Waals surface area (Å²) in [4.78, 5) is 15.4. The second kappa shape index (κ2) is 15.2. The van der Waals surface area contributed by atoms with E-state index >= 15 is 0 Å². The lowest BCUT2D eigenvalue weighted by Gasteiger charge is -2.36. The molecule has 2 aliphatic carbocycles. The molecule has 0 bridgehead atoms. The minimum Gasteiger partial charge on any atom is -0.208 e. The van der Waals surface area contributed by atoms with Gasteiger partial charge in [0.25, 0.3) is 0 Å². The SMILES string of the molecule is c1ccc(-c2cccc(-c3nc(-c4cccc(-c5ccccc5)c4)nc(-c4cccc(-c5ccc(-c6ccc7c(c6)C6(CCCCC6)c6ccccc6-7)cc5)c4)n3)c2)cc1. The zero-order valence-corrected chi connectivity index (χ0v) is 33.4. The van der Waals surface area contributed by atoms with Crippen LogP contribution in [0.15, 0.2) is 200 Å². The quantitative estimate of drug-likeness (QED) is 0.162. The summed E-state index contributed by atoms with van der Waals surface area (Å²) in [6, 6.07) is 71.8. The van der Waals surface area contributed by atoms with Gasteiger partial charge < -0.3 is 0 Å². The van der Waals surface area contributed by atoms with Gasteiger partial charge in [0.1, 0.15) is 0 Å². The molecule has 1 fully saturated rings. The van der Waals surface area contributed by atoms with E-state index in [1.54, 1.807) is 0 Å². The number of rotatable bonds is 7. The van der Waals surface area contributed by atoms with E-state index in [-0.39, 0.29) is 5.41 Å². The molecule has 0 unspecified atom stereocenters. The molecule has 9 aromatic rings. The van der Waals surface area contributed by atoms with Gasteiger partial charge in [0.05, 0.1) is 0 Å². The van der Waals surface area contributed by atoms with Crippen molar-refractivity contribution in [2.75, 3.05) is 0 Å². The van der Waals surface area contributed by atoms with Crippen LogP contribution in [0.4, 0.5) is 0 Å². The van der Waals surface area contributed by atoms with Gasteiger partial charge in [-0.1, -0.05) is 195 Å². The van der Waals surface area contributed by atoms with Crippen LogP contribution >= 0.6 is 0 Å². The van der Waals surface area contributed by atoms with E-state index in [0.717, 1.165) is 50.1 Å².